The van der Waals surface area contributed by atoms with Crippen LogP contribution in [0.2, 0.25) is 0 Å². The fourth-order valence-corrected chi connectivity index (χ4v) is 4.23. The number of para-hydroxylation sites is 1. The fourth-order valence-electron chi connectivity index (χ4n) is 4.23. The Balaban J connectivity index is 1.74. The molecule has 0 unspecified atom stereocenters. The van der Waals surface area contributed by atoms with Gasteiger partial charge < -0.3 is 14.7 Å². The molecule has 0 spiro atoms. The number of aryl methyl sites for hydroxylation is 2. The molecule has 1 aromatic carbocycles. The van der Waals surface area contributed by atoms with E-state index in [0.717, 1.165) is 11.3 Å². The number of aliphatic carboxylic acids is 1. The molecule has 1 aromatic heterocycles. The number of hydrogen-bond acceptors (Lipinski definition) is 4. The SMILES string of the molecule is Cc1nn(C)c(C)c1C(=O)N1C[C@@H]2c3ccccc3OC[C@]2(C(=O)O)C1. The highest BCUT2D eigenvalue weighted by atomic mass is 16.5. The number of carbonyl (C=O) groups is 2. The molecule has 7 heteroatoms. The van der Waals surface area contributed by atoms with Crippen molar-refractivity contribution in [2.75, 3.05) is 19.7 Å². The third kappa shape index (κ3) is 2.16. The van der Waals surface area contributed by atoms with Crippen LogP contribution in [0.25, 0.3) is 0 Å². The summed E-state index contributed by atoms with van der Waals surface area (Å²) in [6.45, 7) is 4.21. The van der Waals surface area contributed by atoms with Crippen LogP contribution in [0.5, 0.6) is 5.75 Å². The van der Waals surface area contributed by atoms with Gasteiger partial charge in [0.25, 0.3) is 5.91 Å². The van der Waals surface area contributed by atoms with E-state index in [2.05, 4.69) is 5.10 Å². The molecule has 7 nitrogen and oxygen atoms in total. The van der Waals surface area contributed by atoms with Crippen molar-refractivity contribution >= 4 is 11.9 Å². The first-order valence-electron chi connectivity index (χ1n) is 8.60. The Morgan fingerprint density at radius 3 is 2.69 bits per heavy atom. The summed E-state index contributed by atoms with van der Waals surface area (Å²) >= 11 is 0. The van der Waals surface area contributed by atoms with E-state index in [9.17, 15) is 14.7 Å². The average Bonchev–Trinajstić information content (AvgIpc) is 3.13. The number of hydrogen-bond donors (Lipinski definition) is 1. The smallest absolute Gasteiger partial charge is 0.315 e. The number of aromatic nitrogens is 2. The van der Waals surface area contributed by atoms with Crippen LogP contribution < -0.4 is 4.74 Å². The van der Waals surface area contributed by atoms with Gasteiger partial charge in [-0.1, -0.05) is 18.2 Å². The Bertz CT molecular complexity index is 920. The van der Waals surface area contributed by atoms with Crippen molar-refractivity contribution in [2.45, 2.75) is 19.8 Å². The minimum atomic E-state index is -1.12. The molecule has 1 saturated heterocycles. The lowest BCUT2D eigenvalue weighted by Gasteiger charge is -2.35. The summed E-state index contributed by atoms with van der Waals surface area (Å²) < 4.78 is 7.43. The number of benzene rings is 1. The highest BCUT2D eigenvalue weighted by Gasteiger charge is 2.57. The minimum Gasteiger partial charge on any atom is -0.492 e. The number of ether oxygens (including phenoxy) is 1. The van der Waals surface area contributed by atoms with Crippen LogP contribution in [-0.4, -0.2) is 51.4 Å². The largest absolute Gasteiger partial charge is 0.492 e. The number of carboxylic acid groups (broad SMARTS) is 1. The third-order valence-corrected chi connectivity index (χ3v) is 5.76. The molecule has 3 heterocycles. The lowest BCUT2D eigenvalue weighted by Crippen LogP contribution is -2.46. The quantitative estimate of drug-likeness (QED) is 0.887. The molecule has 0 bridgehead atoms. The minimum absolute atomic E-state index is 0.0683. The molecule has 2 aromatic rings. The Morgan fingerprint density at radius 1 is 1.31 bits per heavy atom. The van der Waals surface area contributed by atoms with Crippen LogP contribution in [0.1, 0.15) is 33.2 Å². The fraction of sp³-hybridized carbons (Fsp3) is 0.421. The van der Waals surface area contributed by atoms with Crippen LogP contribution in [-0.2, 0) is 11.8 Å². The predicted molar refractivity (Wildman–Crippen MR) is 93.3 cm³/mol. The number of rotatable bonds is 2. The Labute approximate surface area is 151 Å². The summed E-state index contributed by atoms with van der Waals surface area (Å²) in [7, 11) is 1.80. The van der Waals surface area contributed by atoms with Gasteiger partial charge in [-0.05, 0) is 19.9 Å². The van der Waals surface area contributed by atoms with E-state index in [-0.39, 0.29) is 25.0 Å². The van der Waals surface area contributed by atoms with E-state index < -0.39 is 11.4 Å². The van der Waals surface area contributed by atoms with Crippen molar-refractivity contribution in [2.24, 2.45) is 12.5 Å². The number of fused-ring (bicyclic) bond motifs is 3. The van der Waals surface area contributed by atoms with Gasteiger partial charge in [-0.3, -0.25) is 14.3 Å². The summed E-state index contributed by atoms with van der Waals surface area (Å²) in [5.41, 5.74) is 1.74. The lowest BCUT2D eigenvalue weighted by atomic mass is 9.73. The first kappa shape index (κ1) is 16.6. The number of carbonyl (C=O) groups excluding carboxylic acids is 1. The maximum absolute atomic E-state index is 13.2. The Hall–Kier alpha value is -2.83. The van der Waals surface area contributed by atoms with Crippen molar-refractivity contribution in [3.63, 3.8) is 0 Å². The van der Waals surface area contributed by atoms with E-state index >= 15 is 0 Å². The molecule has 1 amide bonds. The maximum Gasteiger partial charge on any atom is 0.315 e. The molecule has 136 valence electrons. The van der Waals surface area contributed by atoms with Gasteiger partial charge in [0.1, 0.15) is 17.8 Å². The molecular weight excluding hydrogens is 334 g/mol. The van der Waals surface area contributed by atoms with Crippen molar-refractivity contribution in [3.8, 4) is 5.75 Å². The van der Waals surface area contributed by atoms with Crippen LogP contribution in [0.3, 0.4) is 0 Å². The topological polar surface area (TPSA) is 84.7 Å². The van der Waals surface area contributed by atoms with E-state index in [4.69, 9.17) is 4.74 Å². The van der Waals surface area contributed by atoms with Gasteiger partial charge >= 0.3 is 5.97 Å². The zero-order valence-corrected chi connectivity index (χ0v) is 15.0. The van der Waals surface area contributed by atoms with Crippen LogP contribution >= 0.6 is 0 Å². The summed E-state index contributed by atoms with van der Waals surface area (Å²) in [4.78, 5) is 27.0. The van der Waals surface area contributed by atoms with E-state index in [1.807, 2.05) is 31.2 Å². The predicted octanol–water partition coefficient (Wildman–Crippen LogP) is 1.74. The maximum atomic E-state index is 13.2. The number of likely N-dealkylation sites (tertiary alicyclic amines) is 1. The lowest BCUT2D eigenvalue weighted by molar-refractivity contribution is -0.151. The van der Waals surface area contributed by atoms with Crippen molar-refractivity contribution in [1.29, 1.82) is 0 Å². The van der Waals surface area contributed by atoms with Gasteiger partial charge in [0.05, 0.1) is 11.3 Å². The monoisotopic (exact) mass is 355 g/mol. The number of amides is 1. The van der Waals surface area contributed by atoms with E-state index in [1.165, 1.54) is 0 Å². The van der Waals surface area contributed by atoms with Gasteiger partial charge in [-0.25, -0.2) is 0 Å². The zero-order valence-electron chi connectivity index (χ0n) is 15.0. The summed E-state index contributed by atoms with van der Waals surface area (Å²) in [6.07, 6.45) is 0. The first-order chi connectivity index (χ1) is 12.3. The average molecular weight is 355 g/mol. The molecule has 1 fully saturated rings. The third-order valence-electron chi connectivity index (χ3n) is 5.76. The molecule has 4 rings (SSSR count). The summed E-state index contributed by atoms with van der Waals surface area (Å²) in [5, 5.41) is 14.3. The van der Waals surface area contributed by atoms with Crippen LogP contribution in [0.4, 0.5) is 0 Å². The normalized spacial score (nSPS) is 24.0. The van der Waals surface area contributed by atoms with Crippen molar-refractivity contribution in [1.82, 2.24) is 14.7 Å². The van der Waals surface area contributed by atoms with Crippen LogP contribution in [0.15, 0.2) is 24.3 Å². The second-order valence-corrected chi connectivity index (χ2v) is 7.20. The summed E-state index contributed by atoms with van der Waals surface area (Å²) in [6, 6.07) is 7.49. The summed E-state index contributed by atoms with van der Waals surface area (Å²) in [5.74, 6) is -0.670. The first-order valence-corrected chi connectivity index (χ1v) is 8.60. The second kappa shape index (κ2) is 5.59. The molecule has 26 heavy (non-hydrogen) atoms. The second-order valence-electron chi connectivity index (χ2n) is 7.20. The highest BCUT2D eigenvalue weighted by Crippen LogP contribution is 2.50. The van der Waals surface area contributed by atoms with E-state index in [0.29, 0.717) is 23.6 Å². The molecule has 0 saturated carbocycles. The molecule has 2 aliphatic rings. The van der Waals surface area contributed by atoms with E-state index in [1.54, 1.807) is 23.6 Å². The van der Waals surface area contributed by atoms with Gasteiger partial charge in [0.15, 0.2) is 0 Å². The van der Waals surface area contributed by atoms with Crippen molar-refractivity contribution < 1.29 is 19.4 Å². The standard InChI is InChI=1S/C19H21N3O4/c1-11-16(12(2)21(3)20-11)17(23)22-8-14-13-6-4-5-7-15(13)26-10-19(14,9-22)18(24)25/h4-7,14H,8-10H2,1-3H3,(H,24,25)/t14-,19-/m1/s1. The van der Waals surface area contributed by atoms with Gasteiger partial charge in [-0.2, -0.15) is 5.10 Å². The number of carboxylic acids is 1. The number of nitrogens with zero attached hydrogens (tertiary/aromatic N) is 3. The highest BCUT2D eigenvalue weighted by molar-refractivity contribution is 5.97. The Kier molecular flexibility index (Phi) is 3.57. The molecule has 0 radical (unpaired) electrons. The zero-order chi connectivity index (χ0) is 18.6. The van der Waals surface area contributed by atoms with Gasteiger partial charge in [0.2, 0.25) is 0 Å². The Morgan fingerprint density at radius 2 is 2.04 bits per heavy atom. The molecule has 1 N–H and O–H groups in total. The molecule has 2 atom stereocenters. The molecule has 2 aliphatic heterocycles. The van der Waals surface area contributed by atoms with Gasteiger partial charge in [0, 0.05) is 37.3 Å². The van der Waals surface area contributed by atoms with Crippen molar-refractivity contribution in [3.05, 3.63) is 46.8 Å². The van der Waals surface area contributed by atoms with Crippen LogP contribution in [0, 0.1) is 19.3 Å². The molecular formula is C19H21N3O4. The van der Waals surface area contributed by atoms with Gasteiger partial charge in [-0.15, -0.1) is 0 Å². The molecule has 0 aliphatic carbocycles.